The summed E-state index contributed by atoms with van der Waals surface area (Å²) in [6.45, 7) is 2.49. The first-order chi connectivity index (χ1) is 13.6. The first-order valence-corrected chi connectivity index (χ1v) is 10.5. The number of hydrogen-bond donors (Lipinski definition) is 0. The Morgan fingerprint density at radius 1 is 1.00 bits per heavy atom. The van der Waals surface area contributed by atoms with Gasteiger partial charge in [-0.05, 0) is 56.3 Å². The number of hydrogen-bond acceptors (Lipinski definition) is 4. The van der Waals surface area contributed by atoms with Crippen LogP contribution in [0.15, 0.2) is 48.5 Å². The summed E-state index contributed by atoms with van der Waals surface area (Å²) in [7, 11) is 0. The van der Waals surface area contributed by atoms with Gasteiger partial charge >= 0.3 is 0 Å². The Kier molecular flexibility index (Phi) is 4.17. The number of likely N-dealkylation sites (tertiary alicyclic amines) is 1. The number of carbonyl (C=O) groups is 2. The van der Waals surface area contributed by atoms with Crippen molar-refractivity contribution in [1.29, 1.82) is 0 Å². The topological polar surface area (TPSA) is 43.9 Å². The quantitative estimate of drug-likeness (QED) is 0.798. The molecule has 3 heterocycles. The van der Waals surface area contributed by atoms with Crippen LogP contribution in [-0.4, -0.2) is 42.2 Å². The van der Waals surface area contributed by atoms with Gasteiger partial charge in [-0.3, -0.25) is 24.3 Å². The molecule has 144 valence electrons. The summed E-state index contributed by atoms with van der Waals surface area (Å²) in [6.07, 6.45) is 2.29. The van der Waals surface area contributed by atoms with Crippen LogP contribution in [0.4, 0.5) is 15.8 Å². The van der Waals surface area contributed by atoms with Crippen LogP contribution in [-0.2, 0) is 14.5 Å². The van der Waals surface area contributed by atoms with Gasteiger partial charge in [0.15, 0.2) is 0 Å². The molecule has 2 aromatic rings. The lowest BCUT2D eigenvalue weighted by atomic mass is 10.0. The highest BCUT2D eigenvalue weighted by Crippen LogP contribution is 2.55. The molecule has 7 heteroatoms. The van der Waals surface area contributed by atoms with Crippen molar-refractivity contribution in [3.8, 4) is 0 Å². The molecule has 0 aliphatic carbocycles. The minimum absolute atomic E-state index is 0.0965. The number of nitrogens with zero attached hydrogens (tertiary/aromatic N) is 3. The summed E-state index contributed by atoms with van der Waals surface area (Å²) in [5.74, 6) is -0.385. The molecular formula is C21H20FN3O2S. The monoisotopic (exact) mass is 397 g/mol. The number of anilines is 2. The first-order valence-electron chi connectivity index (χ1n) is 9.48. The minimum Gasteiger partial charge on any atom is -0.295 e. The Morgan fingerprint density at radius 2 is 1.71 bits per heavy atom. The van der Waals surface area contributed by atoms with Gasteiger partial charge in [-0.2, -0.15) is 0 Å². The van der Waals surface area contributed by atoms with E-state index in [1.807, 2.05) is 29.2 Å². The minimum atomic E-state index is -1.12. The van der Waals surface area contributed by atoms with E-state index < -0.39 is 4.87 Å². The summed E-state index contributed by atoms with van der Waals surface area (Å²) in [5, 5.41) is 0. The molecule has 5 nitrogen and oxygen atoms in total. The summed E-state index contributed by atoms with van der Waals surface area (Å²) in [4.78, 5) is 31.2. The molecule has 3 aliphatic heterocycles. The van der Waals surface area contributed by atoms with E-state index in [0.29, 0.717) is 12.4 Å². The van der Waals surface area contributed by atoms with Gasteiger partial charge in [-0.25, -0.2) is 4.39 Å². The lowest BCUT2D eigenvalue weighted by Gasteiger charge is -2.33. The molecule has 28 heavy (non-hydrogen) atoms. The Hall–Kier alpha value is -2.38. The van der Waals surface area contributed by atoms with Crippen molar-refractivity contribution in [2.45, 2.75) is 17.7 Å². The van der Waals surface area contributed by atoms with Crippen LogP contribution in [0.3, 0.4) is 0 Å². The van der Waals surface area contributed by atoms with Crippen LogP contribution >= 0.6 is 11.8 Å². The van der Waals surface area contributed by atoms with Crippen molar-refractivity contribution in [3.05, 3.63) is 59.9 Å². The lowest BCUT2D eigenvalue weighted by Crippen LogP contribution is -2.51. The average Bonchev–Trinajstić information content (AvgIpc) is 3.39. The summed E-state index contributed by atoms with van der Waals surface area (Å²) >= 11 is 1.35. The SMILES string of the molecule is O=C1CSC2(C(=O)N(CN3CCCC3)c3ccccc32)N1c1ccc(F)cc1. The lowest BCUT2D eigenvalue weighted by molar-refractivity contribution is -0.123. The van der Waals surface area contributed by atoms with Gasteiger partial charge in [0.1, 0.15) is 5.82 Å². The molecule has 0 aromatic heterocycles. The van der Waals surface area contributed by atoms with E-state index in [9.17, 15) is 14.0 Å². The van der Waals surface area contributed by atoms with E-state index >= 15 is 0 Å². The maximum absolute atomic E-state index is 13.8. The standard InChI is InChI=1S/C21H20FN3O2S/c22-15-7-9-16(10-8-15)25-19(26)13-28-21(25)17-5-1-2-6-18(17)24(20(21)27)14-23-11-3-4-12-23/h1-2,5-10H,3-4,11-14H2. The number of amides is 2. The number of para-hydroxylation sites is 1. The third-order valence-electron chi connectivity index (χ3n) is 5.69. The highest BCUT2D eigenvalue weighted by atomic mass is 32.2. The Morgan fingerprint density at radius 3 is 2.46 bits per heavy atom. The van der Waals surface area contributed by atoms with Crippen LogP contribution in [0.1, 0.15) is 18.4 Å². The Labute approximate surface area is 167 Å². The highest BCUT2D eigenvalue weighted by Gasteiger charge is 2.61. The predicted molar refractivity (Wildman–Crippen MR) is 108 cm³/mol. The molecule has 1 unspecified atom stereocenters. The van der Waals surface area contributed by atoms with E-state index in [1.165, 1.54) is 23.9 Å². The molecular weight excluding hydrogens is 377 g/mol. The normalized spacial score (nSPS) is 24.6. The zero-order valence-corrected chi connectivity index (χ0v) is 16.1. The van der Waals surface area contributed by atoms with Crippen LogP contribution in [0.25, 0.3) is 0 Å². The molecule has 0 N–H and O–H groups in total. The van der Waals surface area contributed by atoms with Crippen molar-refractivity contribution in [3.63, 3.8) is 0 Å². The van der Waals surface area contributed by atoms with Crippen molar-refractivity contribution in [2.75, 3.05) is 35.3 Å². The largest absolute Gasteiger partial charge is 0.295 e. The number of halogens is 1. The summed E-state index contributed by atoms with van der Waals surface area (Å²) in [5.41, 5.74) is 2.23. The third-order valence-corrected chi connectivity index (χ3v) is 7.07. The van der Waals surface area contributed by atoms with E-state index in [4.69, 9.17) is 0 Å². The fourth-order valence-corrected chi connectivity index (χ4v) is 5.77. The molecule has 1 atom stereocenters. The van der Waals surface area contributed by atoms with Crippen LogP contribution in [0.2, 0.25) is 0 Å². The third kappa shape index (κ3) is 2.49. The van der Waals surface area contributed by atoms with Gasteiger partial charge in [0, 0.05) is 11.3 Å². The van der Waals surface area contributed by atoms with E-state index in [0.717, 1.165) is 37.2 Å². The number of rotatable bonds is 3. The number of benzene rings is 2. The smallest absolute Gasteiger partial charge is 0.269 e. The van der Waals surface area contributed by atoms with Crippen LogP contribution in [0, 0.1) is 5.82 Å². The average molecular weight is 397 g/mol. The van der Waals surface area contributed by atoms with Crippen molar-refractivity contribution in [1.82, 2.24) is 4.90 Å². The van der Waals surface area contributed by atoms with Crippen molar-refractivity contribution < 1.29 is 14.0 Å². The second kappa shape index (κ2) is 6.60. The van der Waals surface area contributed by atoms with E-state index in [-0.39, 0.29) is 23.4 Å². The molecule has 0 saturated carbocycles. The van der Waals surface area contributed by atoms with Crippen LogP contribution in [0.5, 0.6) is 0 Å². The highest BCUT2D eigenvalue weighted by molar-refractivity contribution is 8.02. The number of fused-ring (bicyclic) bond motifs is 2. The molecule has 5 rings (SSSR count). The molecule has 3 aliphatic rings. The summed E-state index contributed by atoms with van der Waals surface area (Å²) in [6, 6.07) is 13.5. The van der Waals surface area contributed by atoms with Gasteiger partial charge in [-0.15, -0.1) is 11.8 Å². The maximum Gasteiger partial charge on any atom is 0.269 e. The zero-order valence-electron chi connectivity index (χ0n) is 15.3. The Balaban J connectivity index is 1.62. The molecule has 2 fully saturated rings. The van der Waals surface area contributed by atoms with Crippen molar-refractivity contribution >= 4 is 35.0 Å². The molecule has 2 aromatic carbocycles. The maximum atomic E-state index is 13.8. The van der Waals surface area contributed by atoms with Gasteiger partial charge in [0.05, 0.1) is 18.1 Å². The van der Waals surface area contributed by atoms with E-state index in [1.54, 1.807) is 17.0 Å². The molecule has 0 bridgehead atoms. The molecule has 0 radical (unpaired) electrons. The van der Waals surface area contributed by atoms with E-state index in [2.05, 4.69) is 4.90 Å². The first kappa shape index (κ1) is 17.7. The van der Waals surface area contributed by atoms with Gasteiger partial charge < -0.3 is 0 Å². The second-order valence-electron chi connectivity index (χ2n) is 7.36. The summed E-state index contributed by atoms with van der Waals surface area (Å²) < 4.78 is 13.5. The van der Waals surface area contributed by atoms with Gasteiger partial charge in [-0.1, -0.05) is 18.2 Å². The molecule has 2 saturated heterocycles. The molecule has 1 spiro atoms. The fraction of sp³-hybridized carbons (Fsp3) is 0.333. The Bertz CT molecular complexity index is 945. The fourth-order valence-electron chi connectivity index (χ4n) is 4.41. The number of thioether (sulfide) groups is 1. The number of carbonyl (C=O) groups excluding carboxylic acids is 2. The van der Waals surface area contributed by atoms with Crippen molar-refractivity contribution in [2.24, 2.45) is 0 Å². The zero-order chi connectivity index (χ0) is 19.3. The van der Waals surface area contributed by atoms with Gasteiger partial charge in [0.2, 0.25) is 10.8 Å². The second-order valence-corrected chi connectivity index (χ2v) is 8.52. The van der Waals surface area contributed by atoms with Gasteiger partial charge in [0.25, 0.3) is 5.91 Å². The van der Waals surface area contributed by atoms with Crippen LogP contribution < -0.4 is 9.80 Å². The molecule has 2 amide bonds. The predicted octanol–water partition coefficient (Wildman–Crippen LogP) is 3.16.